The molecule has 0 unspecified atom stereocenters. The van der Waals surface area contributed by atoms with Crippen LogP contribution in [0.2, 0.25) is 0 Å². The number of benzene rings is 1. The molecule has 8 nitrogen and oxygen atoms in total. The van der Waals surface area contributed by atoms with Crippen molar-refractivity contribution in [3.63, 3.8) is 0 Å². The van der Waals surface area contributed by atoms with Crippen LogP contribution in [-0.2, 0) is 20.9 Å². The van der Waals surface area contributed by atoms with Crippen LogP contribution in [0.4, 0.5) is 0 Å². The van der Waals surface area contributed by atoms with E-state index in [4.69, 9.17) is 0 Å². The first-order valence-electron chi connectivity index (χ1n) is 10.2. The Morgan fingerprint density at radius 3 is 2.53 bits per heavy atom. The van der Waals surface area contributed by atoms with Crippen LogP contribution in [0, 0.1) is 6.92 Å². The Kier molecular flexibility index (Phi) is 7.11. The zero-order chi connectivity index (χ0) is 21.5. The van der Waals surface area contributed by atoms with Gasteiger partial charge in [0, 0.05) is 25.8 Å². The number of unbranched alkanes of at least 4 members (excludes halogenated alkanes) is 1. The zero-order valence-corrected chi connectivity index (χ0v) is 17.4. The van der Waals surface area contributed by atoms with Crippen molar-refractivity contribution in [1.82, 2.24) is 25.1 Å². The molecule has 0 saturated carbocycles. The molecule has 0 aliphatic carbocycles. The van der Waals surface area contributed by atoms with E-state index in [9.17, 15) is 14.4 Å². The summed E-state index contributed by atoms with van der Waals surface area (Å²) in [6.07, 6.45) is 5.03. The van der Waals surface area contributed by atoms with Crippen molar-refractivity contribution < 1.29 is 14.4 Å². The van der Waals surface area contributed by atoms with Gasteiger partial charge in [0.15, 0.2) is 0 Å². The van der Waals surface area contributed by atoms with Crippen molar-refractivity contribution in [2.45, 2.75) is 39.3 Å². The molecule has 8 heteroatoms. The molecule has 1 N–H and O–H groups in total. The fourth-order valence-corrected chi connectivity index (χ4v) is 3.39. The number of hydrogen-bond donors (Lipinski definition) is 1. The minimum atomic E-state index is -0.880. The summed E-state index contributed by atoms with van der Waals surface area (Å²) >= 11 is 0. The highest BCUT2D eigenvalue weighted by Crippen LogP contribution is 2.24. The van der Waals surface area contributed by atoms with Gasteiger partial charge in [0.1, 0.15) is 6.04 Å². The van der Waals surface area contributed by atoms with Crippen molar-refractivity contribution in [2.24, 2.45) is 0 Å². The second kappa shape index (κ2) is 9.96. The van der Waals surface area contributed by atoms with Crippen LogP contribution in [0.1, 0.15) is 42.8 Å². The Hall–Kier alpha value is -3.29. The SMILES string of the molecule is CCCCN1CCN([C@@H](C(=O)NCc2cnc(C)cn2)c2ccccc2)C(=O)C1=O. The van der Waals surface area contributed by atoms with Crippen molar-refractivity contribution in [2.75, 3.05) is 19.6 Å². The molecule has 30 heavy (non-hydrogen) atoms. The van der Waals surface area contributed by atoms with Gasteiger partial charge in [-0.3, -0.25) is 24.4 Å². The largest absolute Gasteiger partial charge is 0.348 e. The average Bonchev–Trinajstić information content (AvgIpc) is 2.76. The lowest BCUT2D eigenvalue weighted by atomic mass is 10.0. The maximum Gasteiger partial charge on any atom is 0.313 e. The van der Waals surface area contributed by atoms with Gasteiger partial charge in [-0.05, 0) is 18.9 Å². The van der Waals surface area contributed by atoms with Gasteiger partial charge >= 0.3 is 11.8 Å². The third-order valence-electron chi connectivity index (χ3n) is 5.08. The van der Waals surface area contributed by atoms with Crippen LogP contribution in [0.25, 0.3) is 0 Å². The van der Waals surface area contributed by atoms with Crippen LogP contribution in [0.5, 0.6) is 0 Å². The monoisotopic (exact) mass is 409 g/mol. The lowest BCUT2D eigenvalue weighted by Gasteiger charge is -2.38. The van der Waals surface area contributed by atoms with E-state index in [0.717, 1.165) is 18.5 Å². The van der Waals surface area contributed by atoms with Gasteiger partial charge in [0.05, 0.1) is 24.1 Å². The first-order valence-corrected chi connectivity index (χ1v) is 10.2. The highest BCUT2D eigenvalue weighted by molar-refractivity contribution is 6.35. The van der Waals surface area contributed by atoms with Crippen molar-refractivity contribution in [3.8, 4) is 0 Å². The van der Waals surface area contributed by atoms with E-state index in [1.807, 2.05) is 32.0 Å². The van der Waals surface area contributed by atoms with E-state index in [-0.39, 0.29) is 12.5 Å². The Balaban J connectivity index is 1.77. The van der Waals surface area contributed by atoms with Crippen LogP contribution in [-0.4, -0.2) is 57.1 Å². The number of aromatic nitrogens is 2. The number of amides is 3. The molecule has 2 heterocycles. The number of aryl methyl sites for hydroxylation is 1. The Labute approximate surface area is 176 Å². The number of rotatable bonds is 8. The molecule has 1 aliphatic rings. The Morgan fingerprint density at radius 2 is 1.87 bits per heavy atom. The predicted octanol–water partition coefficient (Wildman–Crippen LogP) is 1.61. The van der Waals surface area contributed by atoms with Gasteiger partial charge in [0.25, 0.3) is 0 Å². The van der Waals surface area contributed by atoms with Gasteiger partial charge in [-0.15, -0.1) is 0 Å². The fourth-order valence-electron chi connectivity index (χ4n) is 3.39. The predicted molar refractivity (Wildman–Crippen MR) is 111 cm³/mol. The molecular formula is C22H27N5O3. The number of hydrogen-bond acceptors (Lipinski definition) is 5. The molecule has 1 saturated heterocycles. The summed E-state index contributed by atoms with van der Waals surface area (Å²) < 4.78 is 0. The third-order valence-corrected chi connectivity index (χ3v) is 5.08. The van der Waals surface area contributed by atoms with Gasteiger partial charge in [-0.25, -0.2) is 0 Å². The van der Waals surface area contributed by atoms with Gasteiger partial charge in [0.2, 0.25) is 5.91 Å². The summed E-state index contributed by atoms with van der Waals surface area (Å²) in [5.74, 6) is -1.55. The number of carbonyl (C=O) groups is 3. The summed E-state index contributed by atoms with van der Waals surface area (Å²) in [5, 5.41) is 2.83. The molecule has 1 atom stereocenters. The fraction of sp³-hybridized carbons (Fsp3) is 0.409. The smallest absolute Gasteiger partial charge is 0.313 e. The second-order valence-corrected chi connectivity index (χ2v) is 7.32. The molecule has 3 amide bonds. The van der Waals surface area contributed by atoms with E-state index < -0.39 is 17.9 Å². The number of piperazine rings is 1. The molecule has 1 aliphatic heterocycles. The lowest BCUT2D eigenvalue weighted by Crippen LogP contribution is -2.57. The van der Waals surface area contributed by atoms with Crippen LogP contribution in [0.3, 0.4) is 0 Å². The van der Waals surface area contributed by atoms with Crippen molar-refractivity contribution in [3.05, 3.63) is 59.7 Å². The van der Waals surface area contributed by atoms with E-state index in [1.54, 1.807) is 29.4 Å². The van der Waals surface area contributed by atoms with E-state index in [0.29, 0.717) is 30.9 Å². The minimum absolute atomic E-state index is 0.189. The van der Waals surface area contributed by atoms with Crippen LogP contribution in [0.15, 0.2) is 42.7 Å². The summed E-state index contributed by atoms with van der Waals surface area (Å²) in [7, 11) is 0. The maximum absolute atomic E-state index is 13.1. The highest BCUT2D eigenvalue weighted by Gasteiger charge is 2.39. The summed E-state index contributed by atoms with van der Waals surface area (Å²) in [5.41, 5.74) is 2.07. The second-order valence-electron chi connectivity index (χ2n) is 7.32. The quantitative estimate of drug-likeness (QED) is 0.669. The van der Waals surface area contributed by atoms with E-state index in [2.05, 4.69) is 15.3 Å². The van der Waals surface area contributed by atoms with Crippen LogP contribution >= 0.6 is 0 Å². The van der Waals surface area contributed by atoms with Crippen molar-refractivity contribution in [1.29, 1.82) is 0 Å². The first-order chi connectivity index (χ1) is 14.5. The highest BCUT2D eigenvalue weighted by atomic mass is 16.2. The molecule has 2 aromatic rings. The number of carbonyl (C=O) groups excluding carboxylic acids is 3. The first kappa shape index (κ1) is 21.4. The summed E-state index contributed by atoms with van der Waals surface area (Å²) in [6, 6.07) is 8.16. The maximum atomic E-state index is 13.1. The van der Waals surface area contributed by atoms with E-state index in [1.165, 1.54) is 4.90 Å². The molecular weight excluding hydrogens is 382 g/mol. The molecule has 1 aromatic carbocycles. The van der Waals surface area contributed by atoms with Crippen LogP contribution < -0.4 is 5.32 Å². The topological polar surface area (TPSA) is 95.5 Å². The standard InChI is InChI=1S/C22H27N5O3/c1-3-4-10-26-11-12-27(22(30)21(26)29)19(17-8-6-5-7-9-17)20(28)25-15-18-14-23-16(2)13-24-18/h5-9,13-14,19H,3-4,10-12,15H2,1-2H3,(H,25,28)/t19-/m1/s1. The number of nitrogens with one attached hydrogen (secondary N) is 1. The van der Waals surface area contributed by atoms with E-state index >= 15 is 0 Å². The minimum Gasteiger partial charge on any atom is -0.348 e. The van der Waals surface area contributed by atoms with Gasteiger partial charge < -0.3 is 15.1 Å². The molecule has 1 fully saturated rings. The van der Waals surface area contributed by atoms with Crippen molar-refractivity contribution >= 4 is 17.7 Å². The molecule has 3 rings (SSSR count). The zero-order valence-electron chi connectivity index (χ0n) is 17.4. The molecule has 1 aromatic heterocycles. The molecule has 0 bridgehead atoms. The van der Waals surface area contributed by atoms with Gasteiger partial charge in [-0.1, -0.05) is 43.7 Å². The van der Waals surface area contributed by atoms with Gasteiger partial charge in [-0.2, -0.15) is 0 Å². The third kappa shape index (κ3) is 5.00. The number of nitrogens with zero attached hydrogens (tertiary/aromatic N) is 4. The molecule has 158 valence electrons. The average molecular weight is 409 g/mol. The summed E-state index contributed by atoms with van der Waals surface area (Å²) in [4.78, 5) is 49.9. The normalized spacial score (nSPS) is 15.3. The molecule has 0 spiro atoms. The molecule has 0 radical (unpaired) electrons. The Morgan fingerprint density at radius 1 is 1.10 bits per heavy atom. The Bertz CT molecular complexity index is 885. The summed E-state index contributed by atoms with van der Waals surface area (Å²) in [6.45, 7) is 5.35. The lowest BCUT2D eigenvalue weighted by molar-refractivity contribution is -0.159.